The molecule has 0 saturated heterocycles. The van der Waals surface area contributed by atoms with Gasteiger partial charge in [-0.25, -0.2) is 0 Å². The van der Waals surface area contributed by atoms with Crippen molar-refractivity contribution in [3.63, 3.8) is 0 Å². The highest BCUT2D eigenvalue weighted by atomic mass is 16.5. The Hall–Kier alpha value is -2.82. The number of aryl methyl sites for hydroxylation is 1. The van der Waals surface area contributed by atoms with Crippen LogP contribution in [-0.2, 0) is 0 Å². The number of methoxy groups -OCH3 is 2. The Labute approximate surface area is 167 Å². The van der Waals surface area contributed by atoms with E-state index in [4.69, 9.17) is 14.5 Å². The van der Waals surface area contributed by atoms with Gasteiger partial charge in [-0.05, 0) is 62.1 Å². The predicted octanol–water partition coefficient (Wildman–Crippen LogP) is 4.59. The lowest BCUT2D eigenvalue weighted by atomic mass is 10.0. The first kappa shape index (κ1) is 19.9. The predicted molar refractivity (Wildman–Crippen MR) is 113 cm³/mol. The number of aliphatic imine (C=N–C) groups is 1. The molecule has 28 heavy (non-hydrogen) atoms. The number of rotatable bonds is 6. The molecular formula is C23H28N2O3. The smallest absolute Gasteiger partial charge is 0.182 e. The van der Waals surface area contributed by atoms with E-state index in [1.54, 1.807) is 32.4 Å². The average Bonchev–Trinajstić information content (AvgIpc) is 2.74. The van der Waals surface area contributed by atoms with E-state index in [0.717, 1.165) is 37.3 Å². The zero-order chi connectivity index (χ0) is 20.1. The van der Waals surface area contributed by atoms with Crippen LogP contribution in [-0.4, -0.2) is 38.9 Å². The van der Waals surface area contributed by atoms with Gasteiger partial charge in [0.1, 0.15) is 5.84 Å². The Morgan fingerprint density at radius 3 is 2.54 bits per heavy atom. The number of carbonyl (C=O) groups excluding carboxylic acids is 1. The summed E-state index contributed by atoms with van der Waals surface area (Å²) in [5, 5.41) is 0. The fraction of sp³-hybridized carbons (Fsp3) is 0.391. The van der Waals surface area contributed by atoms with E-state index in [0.29, 0.717) is 17.1 Å². The largest absolute Gasteiger partial charge is 0.493 e. The second-order valence-corrected chi connectivity index (χ2v) is 7.05. The molecule has 2 aromatic rings. The lowest BCUT2D eigenvalue weighted by Gasteiger charge is -2.29. The zero-order valence-corrected chi connectivity index (χ0v) is 17.1. The van der Waals surface area contributed by atoms with Gasteiger partial charge in [-0.15, -0.1) is 0 Å². The molecule has 0 N–H and O–H groups in total. The van der Waals surface area contributed by atoms with Crippen LogP contribution in [0, 0.1) is 13.8 Å². The summed E-state index contributed by atoms with van der Waals surface area (Å²) in [5.74, 6) is 2.19. The molecule has 148 valence electrons. The summed E-state index contributed by atoms with van der Waals surface area (Å²) in [7, 11) is 3.16. The van der Waals surface area contributed by atoms with Gasteiger partial charge in [0, 0.05) is 24.2 Å². The second kappa shape index (κ2) is 8.91. The molecule has 1 aliphatic heterocycles. The van der Waals surface area contributed by atoms with Crippen molar-refractivity contribution < 1.29 is 14.3 Å². The first-order valence-corrected chi connectivity index (χ1v) is 9.67. The molecule has 0 saturated carbocycles. The van der Waals surface area contributed by atoms with Crippen molar-refractivity contribution in [1.29, 1.82) is 0 Å². The number of benzene rings is 2. The highest BCUT2D eigenvalue weighted by molar-refractivity contribution is 6.07. The van der Waals surface area contributed by atoms with Crippen molar-refractivity contribution in [2.45, 2.75) is 33.1 Å². The molecule has 0 aliphatic carbocycles. The van der Waals surface area contributed by atoms with E-state index in [1.165, 1.54) is 11.1 Å². The minimum Gasteiger partial charge on any atom is -0.493 e. The number of ketones is 1. The number of anilines is 1. The number of carbonyl (C=O) groups is 1. The number of amidine groups is 1. The van der Waals surface area contributed by atoms with Gasteiger partial charge in [0.15, 0.2) is 17.3 Å². The third-order valence-corrected chi connectivity index (χ3v) is 5.29. The molecule has 0 unspecified atom stereocenters. The molecular weight excluding hydrogens is 352 g/mol. The van der Waals surface area contributed by atoms with Crippen molar-refractivity contribution >= 4 is 17.3 Å². The third kappa shape index (κ3) is 4.19. The van der Waals surface area contributed by atoms with Crippen LogP contribution in [0.3, 0.4) is 0 Å². The molecule has 1 aliphatic rings. The number of hydrogen-bond acceptors (Lipinski definition) is 5. The van der Waals surface area contributed by atoms with E-state index in [9.17, 15) is 4.79 Å². The molecule has 0 spiro atoms. The minimum atomic E-state index is 0.0233. The number of hydrogen-bond donors (Lipinski definition) is 0. The zero-order valence-electron chi connectivity index (χ0n) is 17.1. The molecule has 3 rings (SSSR count). The fourth-order valence-corrected chi connectivity index (χ4v) is 3.49. The highest BCUT2D eigenvalue weighted by Crippen LogP contribution is 2.29. The molecule has 0 bridgehead atoms. The van der Waals surface area contributed by atoms with Crippen molar-refractivity contribution in [2.24, 2.45) is 4.99 Å². The van der Waals surface area contributed by atoms with Crippen molar-refractivity contribution in [1.82, 2.24) is 0 Å². The Morgan fingerprint density at radius 1 is 1.07 bits per heavy atom. The summed E-state index contributed by atoms with van der Waals surface area (Å²) >= 11 is 0. The Bertz CT molecular complexity index is 889. The SMILES string of the molecule is COc1ccc(C(=O)CN(C2=NCCCC2)c2cccc(C)c2C)cc1OC. The molecule has 1 heterocycles. The van der Waals surface area contributed by atoms with Crippen LogP contribution in [0.1, 0.15) is 40.7 Å². The van der Waals surface area contributed by atoms with E-state index < -0.39 is 0 Å². The van der Waals surface area contributed by atoms with E-state index in [2.05, 4.69) is 30.9 Å². The first-order chi connectivity index (χ1) is 13.5. The summed E-state index contributed by atoms with van der Waals surface area (Å²) in [4.78, 5) is 20.0. The van der Waals surface area contributed by atoms with Crippen LogP contribution in [0.4, 0.5) is 5.69 Å². The van der Waals surface area contributed by atoms with E-state index in [-0.39, 0.29) is 12.3 Å². The molecule has 5 heteroatoms. The van der Waals surface area contributed by atoms with E-state index >= 15 is 0 Å². The fourth-order valence-electron chi connectivity index (χ4n) is 3.49. The lowest BCUT2D eigenvalue weighted by Crippen LogP contribution is -2.37. The van der Waals surface area contributed by atoms with Gasteiger partial charge in [0.2, 0.25) is 0 Å². The van der Waals surface area contributed by atoms with Gasteiger partial charge in [-0.2, -0.15) is 0 Å². The molecule has 0 aromatic heterocycles. The summed E-state index contributed by atoms with van der Waals surface area (Å²) in [6, 6.07) is 11.5. The Kier molecular flexibility index (Phi) is 6.34. The molecule has 0 radical (unpaired) electrons. The van der Waals surface area contributed by atoms with Crippen molar-refractivity contribution in [3.8, 4) is 11.5 Å². The molecule has 0 fully saturated rings. The maximum absolute atomic E-state index is 13.1. The minimum absolute atomic E-state index is 0.0233. The number of Topliss-reactive ketones (excluding diaryl/α,β-unsaturated/α-hetero) is 1. The van der Waals surface area contributed by atoms with Crippen molar-refractivity contribution in [3.05, 3.63) is 53.1 Å². The Morgan fingerprint density at radius 2 is 1.86 bits per heavy atom. The van der Waals surface area contributed by atoms with Gasteiger partial charge >= 0.3 is 0 Å². The van der Waals surface area contributed by atoms with Crippen LogP contribution in [0.25, 0.3) is 0 Å². The highest BCUT2D eigenvalue weighted by Gasteiger charge is 2.22. The number of nitrogens with zero attached hydrogens (tertiary/aromatic N) is 2. The van der Waals surface area contributed by atoms with Crippen LogP contribution >= 0.6 is 0 Å². The van der Waals surface area contributed by atoms with Crippen LogP contribution < -0.4 is 14.4 Å². The van der Waals surface area contributed by atoms with Crippen LogP contribution in [0.15, 0.2) is 41.4 Å². The Balaban J connectivity index is 1.94. The standard InChI is InChI=1S/C23H28N2O3/c1-16-8-7-9-19(17(16)2)25(23-10-5-6-13-24-23)15-20(26)18-11-12-21(27-3)22(14-18)28-4/h7-9,11-12,14H,5-6,10,13,15H2,1-4H3. The second-order valence-electron chi connectivity index (χ2n) is 7.05. The van der Waals surface area contributed by atoms with E-state index in [1.807, 2.05) is 6.07 Å². The topological polar surface area (TPSA) is 51.1 Å². The third-order valence-electron chi connectivity index (χ3n) is 5.29. The normalized spacial score (nSPS) is 13.6. The molecule has 0 amide bonds. The molecule has 5 nitrogen and oxygen atoms in total. The summed E-state index contributed by atoms with van der Waals surface area (Å²) in [5.41, 5.74) is 4.03. The van der Waals surface area contributed by atoms with Crippen LogP contribution in [0.2, 0.25) is 0 Å². The van der Waals surface area contributed by atoms with Gasteiger partial charge in [-0.1, -0.05) is 12.1 Å². The maximum Gasteiger partial charge on any atom is 0.182 e. The monoisotopic (exact) mass is 380 g/mol. The van der Waals surface area contributed by atoms with Gasteiger partial charge in [-0.3, -0.25) is 9.79 Å². The average molecular weight is 380 g/mol. The first-order valence-electron chi connectivity index (χ1n) is 9.67. The van der Waals surface area contributed by atoms with Gasteiger partial charge in [0.25, 0.3) is 0 Å². The molecule has 2 aromatic carbocycles. The van der Waals surface area contributed by atoms with Gasteiger partial charge < -0.3 is 14.4 Å². The van der Waals surface area contributed by atoms with Gasteiger partial charge in [0.05, 0.1) is 20.8 Å². The van der Waals surface area contributed by atoms with Crippen LogP contribution in [0.5, 0.6) is 11.5 Å². The maximum atomic E-state index is 13.1. The summed E-state index contributed by atoms with van der Waals surface area (Å²) < 4.78 is 10.6. The molecule has 0 atom stereocenters. The summed E-state index contributed by atoms with van der Waals surface area (Å²) in [6.45, 7) is 5.26. The van der Waals surface area contributed by atoms with Crippen molar-refractivity contribution in [2.75, 3.05) is 32.2 Å². The quantitative estimate of drug-likeness (QED) is 0.688. The lowest BCUT2D eigenvalue weighted by molar-refractivity contribution is 0.100. The number of ether oxygens (including phenoxy) is 2. The summed E-state index contributed by atoms with van der Waals surface area (Å²) in [6.07, 6.45) is 3.10.